The Balaban J connectivity index is 0.775. The second-order valence-electron chi connectivity index (χ2n) is 23.5. The number of hydrogen-bond acceptors (Lipinski definition) is 14. The van der Waals surface area contributed by atoms with Crippen LogP contribution >= 0.6 is 0 Å². The quantitative estimate of drug-likeness (QED) is 0.0156. The minimum Gasteiger partial charge on any atom is -0.494 e. The maximum atomic E-state index is 13.5. The molecule has 14 heteroatoms. The van der Waals surface area contributed by atoms with Crippen molar-refractivity contribution in [3.8, 4) is 45.6 Å². The number of rotatable bonds is 47. The van der Waals surface area contributed by atoms with Crippen molar-refractivity contribution < 1.29 is 47.5 Å². The van der Waals surface area contributed by atoms with Gasteiger partial charge in [-0.15, -0.1) is 0 Å². The van der Waals surface area contributed by atoms with Crippen molar-refractivity contribution in [1.29, 1.82) is 0 Å². The van der Waals surface area contributed by atoms with Crippen molar-refractivity contribution in [2.75, 3.05) is 52.9 Å². The molecule has 93 heavy (non-hydrogen) atoms. The van der Waals surface area contributed by atoms with Crippen LogP contribution in [0.5, 0.6) is 34.5 Å². The lowest BCUT2D eigenvalue weighted by Gasteiger charge is -2.13. The summed E-state index contributed by atoms with van der Waals surface area (Å²) >= 11 is 0. The van der Waals surface area contributed by atoms with Gasteiger partial charge in [-0.3, -0.25) is 0 Å². The van der Waals surface area contributed by atoms with Crippen molar-refractivity contribution in [2.45, 2.75) is 162 Å². The molecule has 0 bridgehead atoms. The molecular formula is C79H98N4O10. The van der Waals surface area contributed by atoms with Crippen molar-refractivity contribution >= 4 is 34.7 Å². The summed E-state index contributed by atoms with van der Waals surface area (Å²) < 4.78 is 47.5. The van der Waals surface area contributed by atoms with Gasteiger partial charge >= 0.3 is 11.9 Å². The third-order valence-corrected chi connectivity index (χ3v) is 15.5. The van der Waals surface area contributed by atoms with Crippen molar-refractivity contribution in [3.63, 3.8) is 0 Å². The minimum atomic E-state index is -0.397. The first-order valence-corrected chi connectivity index (χ1v) is 34.0. The van der Waals surface area contributed by atoms with E-state index in [0.29, 0.717) is 75.5 Å². The Bertz CT molecular complexity index is 3140. The zero-order valence-electron chi connectivity index (χ0n) is 55.4. The van der Waals surface area contributed by atoms with E-state index < -0.39 is 5.97 Å². The van der Waals surface area contributed by atoms with Gasteiger partial charge in [0.15, 0.2) is 0 Å². The molecule has 0 saturated heterocycles. The summed E-state index contributed by atoms with van der Waals surface area (Å²) in [4.78, 5) is 25.0. The number of aryl methyl sites for hydroxylation is 2. The topological polar surface area (TPSA) is 157 Å². The fraction of sp³-hybridized carbons (Fsp3) is 0.418. The number of ether oxygens (including phenoxy) is 8. The molecule has 0 unspecified atom stereocenters. The van der Waals surface area contributed by atoms with Gasteiger partial charge in [-0.1, -0.05) is 81.8 Å². The summed E-state index contributed by atoms with van der Waals surface area (Å²) in [5.41, 5.74) is 8.93. The fourth-order valence-corrected chi connectivity index (χ4v) is 9.92. The maximum absolute atomic E-state index is 13.5. The number of benzene rings is 7. The number of unbranched alkanes of at least 4 members (excludes halogenated alkanes) is 14. The summed E-state index contributed by atoms with van der Waals surface area (Å²) in [7, 11) is 0. The molecule has 0 amide bonds. The zero-order chi connectivity index (χ0) is 65.2. The molecule has 0 radical (unpaired) electrons. The summed E-state index contributed by atoms with van der Waals surface area (Å²) in [6.07, 6.45) is 21.7. The molecule has 0 saturated carbocycles. The van der Waals surface area contributed by atoms with Crippen molar-refractivity contribution in [3.05, 3.63) is 193 Å². The predicted octanol–water partition coefficient (Wildman–Crippen LogP) is 21.8. The highest BCUT2D eigenvalue weighted by molar-refractivity contribution is 5.90. The third-order valence-electron chi connectivity index (χ3n) is 15.5. The van der Waals surface area contributed by atoms with Gasteiger partial charge < -0.3 is 37.9 Å². The Hall–Kier alpha value is -8.78. The van der Waals surface area contributed by atoms with Crippen LogP contribution in [0.25, 0.3) is 11.1 Å². The van der Waals surface area contributed by atoms with Crippen LogP contribution in [0.4, 0.5) is 22.7 Å². The van der Waals surface area contributed by atoms with E-state index in [1.807, 2.05) is 103 Å². The van der Waals surface area contributed by atoms with Gasteiger partial charge in [-0.05, 0) is 267 Å². The van der Waals surface area contributed by atoms with Crippen LogP contribution in [0.1, 0.15) is 171 Å². The van der Waals surface area contributed by atoms with Crippen LogP contribution < -0.4 is 28.4 Å². The van der Waals surface area contributed by atoms with Gasteiger partial charge in [0.05, 0.1) is 81.2 Å². The van der Waals surface area contributed by atoms with Crippen LogP contribution in [0.15, 0.2) is 196 Å². The first kappa shape index (κ1) is 71.7. The second kappa shape index (κ2) is 43.1. The number of hydrogen-bond donors (Lipinski definition) is 0. The molecule has 0 aromatic heterocycles. The molecule has 7 aromatic carbocycles. The molecule has 7 aromatic rings. The van der Waals surface area contributed by atoms with Crippen LogP contribution in [0, 0.1) is 0 Å². The third kappa shape index (κ3) is 29.2. The summed E-state index contributed by atoms with van der Waals surface area (Å²) in [6, 6.07) is 53.7. The van der Waals surface area contributed by atoms with E-state index >= 15 is 0 Å². The highest BCUT2D eigenvalue weighted by atomic mass is 16.5. The normalized spacial score (nSPS) is 11.2. The molecule has 0 spiro atoms. The number of esters is 2. The van der Waals surface area contributed by atoms with E-state index in [9.17, 15) is 9.59 Å². The van der Waals surface area contributed by atoms with E-state index in [2.05, 4.69) is 89.4 Å². The zero-order valence-corrected chi connectivity index (χ0v) is 55.4. The van der Waals surface area contributed by atoms with Crippen LogP contribution in [-0.4, -0.2) is 64.8 Å². The average Bonchev–Trinajstić information content (AvgIpc) is 2.39. The van der Waals surface area contributed by atoms with Crippen LogP contribution in [0.3, 0.4) is 0 Å². The molecule has 0 atom stereocenters. The summed E-state index contributed by atoms with van der Waals surface area (Å²) in [6.45, 7) is 13.9. The SMILES string of the molecule is C=C(C)C(=O)OCCCCCCOc1ccc(-c2ccc(OCCCCCCOC(=O)c3cc(OCCCCCCOc4ccc(N=Nc5ccc(CCCC)cc5)cc4)cc(OCCCCCCOc4ccc(N=Nc5ccc(CCCC)cc5)cc4)c3)cc2)cc1. The van der Waals surface area contributed by atoms with Crippen molar-refractivity contribution in [2.24, 2.45) is 20.5 Å². The smallest absolute Gasteiger partial charge is 0.338 e. The van der Waals surface area contributed by atoms with Gasteiger partial charge in [0, 0.05) is 11.6 Å². The Morgan fingerprint density at radius 1 is 0.323 bits per heavy atom. The van der Waals surface area contributed by atoms with Gasteiger partial charge in [0.25, 0.3) is 0 Å². The monoisotopic (exact) mass is 1260 g/mol. The minimum absolute atomic E-state index is 0.318. The molecule has 494 valence electrons. The lowest BCUT2D eigenvalue weighted by molar-refractivity contribution is -0.139. The molecule has 0 aliphatic rings. The van der Waals surface area contributed by atoms with E-state index in [4.69, 9.17) is 37.9 Å². The van der Waals surface area contributed by atoms with E-state index in [1.54, 1.807) is 19.1 Å². The van der Waals surface area contributed by atoms with E-state index in [-0.39, 0.29) is 5.97 Å². The molecule has 14 nitrogen and oxygen atoms in total. The van der Waals surface area contributed by atoms with E-state index in [1.165, 1.54) is 36.8 Å². The molecule has 0 heterocycles. The molecule has 0 fully saturated rings. The highest BCUT2D eigenvalue weighted by Crippen LogP contribution is 2.29. The van der Waals surface area contributed by atoms with Gasteiger partial charge in [0.1, 0.15) is 34.5 Å². The lowest BCUT2D eigenvalue weighted by atomic mass is 10.1. The molecule has 7 rings (SSSR count). The lowest BCUT2D eigenvalue weighted by Crippen LogP contribution is -2.08. The Morgan fingerprint density at radius 3 is 0.914 bits per heavy atom. The molecular weight excluding hydrogens is 1160 g/mol. The van der Waals surface area contributed by atoms with E-state index in [0.717, 1.165) is 172 Å². The van der Waals surface area contributed by atoms with Gasteiger partial charge in [-0.2, -0.15) is 20.5 Å². The Morgan fingerprint density at radius 2 is 0.602 bits per heavy atom. The molecule has 0 aliphatic carbocycles. The summed E-state index contributed by atoms with van der Waals surface area (Å²) in [5.74, 6) is 3.73. The number of carbonyl (C=O) groups excluding carboxylic acids is 2. The van der Waals surface area contributed by atoms with Gasteiger partial charge in [0.2, 0.25) is 0 Å². The Labute approximate surface area is 553 Å². The molecule has 0 aliphatic heterocycles. The summed E-state index contributed by atoms with van der Waals surface area (Å²) in [5, 5.41) is 17.6. The number of carbonyl (C=O) groups is 2. The highest BCUT2D eigenvalue weighted by Gasteiger charge is 2.13. The predicted molar refractivity (Wildman–Crippen MR) is 373 cm³/mol. The van der Waals surface area contributed by atoms with Crippen LogP contribution in [0.2, 0.25) is 0 Å². The first-order chi connectivity index (χ1) is 45.7. The number of nitrogens with zero attached hydrogens (tertiary/aromatic N) is 4. The second-order valence-corrected chi connectivity index (χ2v) is 23.5. The fourth-order valence-electron chi connectivity index (χ4n) is 9.92. The van der Waals surface area contributed by atoms with Crippen molar-refractivity contribution in [1.82, 2.24) is 0 Å². The number of azo groups is 2. The van der Waals surface area contributed by atoms with Crippen LogP contribution in [-0.2, 0) is 27.1 Å². The Kier molecular flexibility index (Phi) is 33.2. The maximum Gasteiger partial charge on any atom is 0.338 e. The average molecular weight is 1260 g/mol. The largest absolute Gasteiger partial charge is 0.494 e. The first-order valence-electron chi connectivity index (χ1n) is 34.0. The molecule has 0 N–H and O–H groups in total. The van der Waals surface area contributed by atoms with Gasteiger partial charge in [-0.25, -0.2) is 9.59 Å². The standard InChI is InChI=1S/C79H98N4O10/c1-5-7-25-63-27-35-68(36-28-63)80-82-70-39-47-74(48-40-70)88-53-17-9-11-21-55-90-76-59-67(60-77(61-76)91-56-22-12-10-18-54-89-75-49-41-71(42-50-75)83-81-69-37-29-64(30-38-69)26-8-6-2)79(85)93-58-24-16-14-20-52-87-73-45-33-66(34-46-73)65-31-43-72(44-32-65)86-51-19-13-15-23-57-92-78(84)62(3)4/h27-50,59-61H,3,5-26,51-58H2,1-2,4H3.